The Labute approximate surface area is 203 Å². The molecule has 2 aromatic carbocycles. The van der Waals surface area contributed by atoms with Gasteiger partial charge >= 0.3 is 6.03 Å². The molecule has 2 aliphatic rings. The van der Waals surface area contributed by atoms with Crippen LogP contribution in [0.25, 0.3) is 17.0 Å². The van der Waals surface area contributed by atoms with Crippen LogP contribution in [-0.4, -0.2) is 46.6 Å². The van der Waals surface area contributed by atoms with E-state index in [0.29, 0.717) is 18.3 Å². The molecule has 2 aliphatic heterocycles. The number of amides is 2. The van der Waals surface area contributed by atoms with Gasteiger partial charge in [-0.05, 0) is 50.6 Å². The van der Waals surface area contributed by atoms with E-state index in [1.807, 2.05) is 56.5 Å². The van der Waals surface area contributed by atoms with E-state index in [1.165, 1.54) is 5.56 Å². The van der Waals surface area contributed by atoms with Crippen molar-refractivity contribution in [3.8, 4) is 11.4 Å². The van der Waals surface area contributed by atoms with Crippen LogP contribution in [-0.2, 0) is 4.74 Å². The lowest BCUT2D eigenvalue weighted by molar-refractivity contribution is 0.0877. The number of ether oxygens (including phenoxy) is 1. The summed E-state index contributed by atoms with van der Waals surface area (Å²) in [7, 11) is 0. The zero-order valence-corrected chi connectivity index (χ0v) is 20.4. The van der Waals surface area contributed by atoms with E-state index in [2.05, 4.69) is 22.6 Å². The van der Waals surface area contributed by atoms with Gasteiger partial charge in [0.2, 0.25) is 5.82 Å². The van der Waals surface area contributed by atoms with Crippen LogP contribution >= 0.6 is 11.8 Å². The first-order valence-corrected chi connectivity index (χ1v) is 12.7. The quantitative estimate of drug-likeness (QED) is 0.477. The van der Waals surface area contributed by atoms with E-state index in [0.717, 1.165) is 46.7 Å². The van der Waals surface area contributed by atoms with E-state index in [9.17, 15) is 4.79 Å². The number of carbonyl (C=O) groups is 1. The molecule has 0 radical (unpaired) electrons. The van der Waals surface area contributed by atoms with Crippen LogP contribution in [0.15, 0.2) is 63.6 Å². The van der Waals surface area contributed by atoms with Crippen molar-refractivity contribution in [3.63, 3.8) is 0 Å². The highest BCUT2D eigenvalue weighted by Gasteiger charge is 2.37. The van der Waals surface area contributed by atoms with Crippen molar-refractivity contribution in [1.82, 2.24) is 20.4 Å². The third-order valence-corrected chi connectivity index (χ3v) is 7.17. The Bertz CT molecular complexity index is 1200. The lowest BCUT2D eigenvalue weighted by Gasteiger charge is -2.36. The van der Waals surface area contributed by atoms with Crippen LogP contribution in [0, 0.1) is 6.92 Å². The van der Waals surface area contributed by atoms with E-state index < -0.39 is 6.04 Å². The molecule has 0 bridgehead atoms. The normalized spacial score (nSPS) is 20.7. The van der Waals surface area contributed by atoms with Crippen molar-refractivity contribution in [2.24, 2.45) is 0 Å². The van der Waals surface area contributed by atoms with Crippen LogP contribution < -0.4 is 5.32 Å². The predicted octanol–water partition coefficient (Wildman–Crippen LogP) is 5.44. The Hall–Kier alpha value is -3.10. The summed E-state index contributed by atoms with van der Waals surface area (Å²) in [6.07, 6.45) is 4.04. The number of thioether (sulfide) groups is 1. The van der Waals surface area contributed by atoms with Gasteiger partial charge in [-0.15, -0.1) is 11.8 Å². The van der Waals surface area contributed by atoms with Gasteiger partial charge in [0.05, 0.1) is 24.3 Å². The molecule has 3 aromatic rings. The number of aromatic nitrogens is 2. The van der Waals surface area contributed by atoms with Crippen molar-refractivity contribution in [3.05, 3.63) is 71.2 Å². The summed E-state index contributed by atoms with van der Waals surface area (Å²) in [6, 6.07) is 15.7. The van der Waals surface area contributed by atoms with Crippen molar-refractivity contribution >= 4 is 23.4 Å². The van der Waals surface area contributed by atoms with Gasteiger partial charge in [-0.2, -0.15) is 4.98 Å². The SMILES string of the molecule is CSc1ccc(C2NC(=O)N(CC3CCCO3)C(C)=C2c2nc(-c3ccc(C)cc3)no2)cc1. The molecule has 1 fully saturated rings. The zero-order chi connectivity index (χ0) is 23.7. The monoisotopic (exact) mass is 476 g/mol. The average Bonchev–Trinajstić information content (AvgIpc) is 3.54. The van der Waals surface area contributed by atoms with E-state index in [-0.39, 0.29) is 12.1 Å². The van der Waals surface area contributed by atoms with Crippen LogP contribution in [0.4, 0.5) is 4.79 Å². The maximum absolute atomic E-state index is 13.2. The van der Waals surface area contributed by atoms with Gasteiger partial charge in [0, 0.05) is 22.8 Å². The molecule has 2 atom stereocenters. The highest BCUT2D eigenvalue weighted by atomic mass is 32.2. The van der Waals surface area contributed by atoms with E-state index >= 15 is 0 Å². The predicted molar refractivity (Wildman–Crippen MR) is 132 cm³/mol. The fourth-order valence-corrected chi connectivity index (χ4v) is 4.88. The summed E-state index contributed by atoms with van der Waals surface area (Å²) < 4.78 is 11.6. The number of benzene rings is 2. The summed E-state index contributed by atoms with van der Waals surface area (Å²) in [5, 5.41) is 7.42. The number of urea groups is 1. The molecule has 3 heterocycles. The third-order valence-electron chi connectivity index (χ3n) is 6.42. The van der Waals surface area contributed by atoms with Gasteiger partial charge in [0.15, 0.2) is 0 Å². The minimum atomic E-state index is -0.393. The van der Waals surface area contributed by atoms with Crippen LogP contribution in [0.5, 0.6) is 0 Å². The number of aryl methyl sites for hydroxylation is 1. The molecule has 1 saturated heterocycles. The summed E-state index contributed by atoms with van der Waals surface area (Å²) in [5.41, 5.74) is 4.63. The number of rotatable bonds is 6. The second kappa shape index (κ2) is 9.64. The smallest absolute Gasteiger partial charge is 0.322 e. The molecule has 34 heavy (non-hydrogen) atoms. The minimum absolute atomic E-state index is 0.0326. The van der Waals surface area contributed by atoms with Gasteiger partial charge in [0.25, 0.3) is 5.89 Å². The van der Waals surface area contributed by atoms with E-state index in [4.69, 9.17) is 14.2 Å². The maximum Gasteiger partial charge on any atom is 0.322 e. The van der Waals surface area contributed by atoms with Crippen LogP contribution in [0.3, 0.4) is 0 Å². The summed E-state index contributed by atoms with van der Waals surface area (Å²) >= 11 is 1.68. The topological polar surface area (TPSA) is 80.5 Å². The molecule has 2 amide bonds. The lowest BCUT2D eigenvalue weighted by Crippen LogP contribution is -2.48. The highest BCUT2D eigenvalue weighted by molar-refractivity contribution is 7.98. The Balaban J connectivity index is 1.55. The largest absolute Gasteiger partial charge is 0.376 e. The van der Waals surface area contributed by atoms with Gasteiger partial charge in [0.1, 0.15) is 0 Å². The molecule has 176 valence electrons. The Kier molecular flexibility index (Phi) is 6.43. The first-order valence-electron chi connectivity index (χ1n) is 11.5. The molecule has 0 aliphatic carbocycles. The average molecular weight is 477 g/mol. The van der Waals surface area contributed by atoms with Gasteiger partial charge in [-0.25, -0.2) is 4.79 Å². The second-order valence-corrected chi connectivity index (χ2v) is 9.57. The van der Waals surface area contributed by atoms with Crippen LogP contribution in [0.1, 0.15) is 42.8 Å². The Morgan fingerprint density at radius 3 is 2.56 bits per heavy atom. The molecule has 2 unspecified atom stereocenters. The molecule has 8 heteroatoms. The Morgan fingerprint density at radius 2 is 1.88 bits per heavy atom. The number of hydrogen-bond donors (Lipinski definition) is 1. The van der Waals surface area contributed by atoms with E-state index in [1.54, 1.807) is 16.7 Å². The van der Waals surface area contributed by atoms with Crippen molar-refractivity contribution in [2.45, 2.75) is 43.7 Å². The van der Waals surface area contributed by atoms with Crippen molar-refractivity contribution < 1.29 is 14.1 Å². The highest BCUT2D eigenvalue weighted by Crippen LogP contribution is 2.38. The number of hydrogen-bond acceptors (Lipinski definition) is 6. The lowest BCUT2D eigenvalue weighted by atomic mass is 9.94. The van der Waals surface area contributed by atoms with Crippen LogP contribution in [0.2, 0.25) is 0 Å². The standard InChI is InChI=1S/C26H28N4O3S/c1-16-6-8-19(9-7-16)24-28-25(33-29-24)22-17(2)30(15-20-5-4-14-32-20)26(31)27-23(22)18-10-12-21(34-3)13-11-18/h6-13,20,23H,4-5,14-15H2,1-3H3,(H,27,31). The molecule has 0 spiro atoms. The maximum atomic E-state index is 13.2. The zero-order valence-electron chi connectivity index (χ0n) is 19.6. The molecule has 0 saturated carbocycles. The number of allylic oxidation sites excluding steroid dienone is 1. The van der Waals surface area contributed by atoms with Gasteiger partial charge in [-0.3, -0.25) is 4.90 Å². The molecule has 7 nitrogen and oxygen atoms in total. The molecule has 1 aromatic heterocycles. The minimum Gasteiger partial charge on any atom is -0.376 e. The van der Waals surface area contributed by atoms with Crippen molar-refractivity contribution in [1.29, 1.82) is 0 Å². The summed E-state index contributed by atoms with van der Waals surface area (Å²) in [6.45, 7) is 5.23. The summed E-state index contributed by atoms with van der Waals surface area (Å²) in [4.78, 5) is 20.8. The van der Waals surface area contributed by atoms with Gasteiger partial charge < -0.3 is 14.6 Å². The molecule has 5 rings (SSSR count). The molecular formula is C26H28N4O3S. The molecule has 1 N–H and O–H groups in total. The first-order chi connectivity index (χ1) is 16.5. The Morgan fingerprint density at radius 1 is 1.12 bits per heavy atom. The first kappa shape index (κ1) is 22.7. The molecular weight excluding hydrogens is 448 g/mol. The fourth-order valence-electron chi connectivity index (χ4n) is 4.47. The summed E-state index contributed by atoms with van der Waals surface area (Å²) in [5.74, 6) is 0.929. The number of nitrogens with one attached hydrogen (secondary N) is 1. The number of carbonyl (C=O) groups excluding carboxylic acids is 1. The fraction of sp³-hybridized carbons (Fsp3) is 0.346. The number of nitrogens with zero attached hydrogens (tertiary/aromatic N) is 3. The second-order valence-electron chi connectivity index (χ2n) is 8.69. The van der Waals surface area contributed by atoms with Gasteiger partial charge in [-0.1, -0.05) is 47.1 Å². The third kappa shape index (κ3) is 4.48. The van der Waals surface area contributed by atoms with Crippen molar-refractivity contribution in [2.75, 3.05) is 19.4 Å².